The summed E-state index contributed by atoms with van der Waals surface area (Å²) in [5.41, 5.74) is 0.499. The summed E-state index contributed by atoms with van der Waals surface area (Å²) in [5.74, 6) is -2.29. The number of hydroxylamine groups is 2. The largest absolute Gasteiger partial charge is 0.366 e. The molecule has 1 aromatic rings. The summed E-state index contributed by atoms with van der Waals surface area (Å²) in [5, 5.41) is 0.544. The highest BCUT2D eigenvalue weighted by molar-refractivity contribution is 6.20. The highest BCUT2D eigenvalue weighted by atomic mass is 16.7. The van der Waals surface area contributed by atoms with Crippen LogP contribution in [0.15, 0.2) is 36.4 Å². The first kappa shape index (κ1) is 12.3. The van der Waals surface area contributed by atoms with Crippen LogP contribution in [0.3, 0.4) is 0 Å². The van der Waals surface area contributed by atoms with Crippen molar-refractivity contribution in [3.63, 3.8) is 0 Å². The van der Waals surface area contributed by atoms with E-state index in [0.717, 1.165) is 0 Å². The van der Waals surface area contributed by atoms with Gasteiger partial charge in [0.25, 0.3) is 11.8 Å². The number of ether oxygens (including phenoxy) is 1. The van der Waals surface area contributed by atoms with E-state index in [1.165, 1.54) is 12.1 Å². The summed E-state index contributed by atoms with van der Waals surface area (Å²) in [6.45, 7) is 0. The predicted molar refractivity (Wildman–Crippen MR) is 68.9 cm³/mol. The molecule has 6 heteroatoms. The maximum absolute atomic E-state index is 12.2. The second-order valence-corrected chi connectivity index (χ2v) is 5.23. The topological polar surface area (TPSA) is 72.9 Å². The van der Waals surface area contributed by atoms with Crippen molar-refractivity contribution < 1.29 is 24.0 Å². The first-order valence-corrected chi connectivity index (χ1v) is 6.68. The zero-order valence-electron chi connectivity index (χ0n) is 10.9. The van der Waals surface area contributed by atoms with Crippen LogP contribution in [0.25, 0.3) is 0 Å². The quantitative estimate of drug-likeness (QED) is 0.600. The van der Waals surface area contributed by atoms with Gasteiger partial charge in [0.2, 0.25) is 0 Å². The van der Waals surface area contributed by atoms with Gasteiger partial charge in [-0.15, -0.1) is 0 Å². The van der Waals surface area contributed by atoms with Crippen molar-refractivity contribution in [3.8, 4) is 0 Å². The zero-order valence-corrected chi connectivity index (χ0v) is 10.9. The lowest BCUT2D eigenvalue weighted by atomic mass is 9.95. The average Bonchev–Trinajstić information content (AvgIpc) is 3.18. The molecule has 0 N–H and O–H groups in total. The summed E-state index contributed by atoms with van der Waals surface area (Å²) in [7, 11) is 0. The first-order chi connectivity index (χ1) is 10.1. The summed E-state index contributed by atoms with van der Waals surface area (Å²) in [6, 6.07) is 6.38. The molecule has 4 rings (SSSR count). The Morgan fingerprint density at radius 3 is 2.33 bits per heavy atom. The lowest BCUT2D eigenvalue weighted by Gasteiger charge is -2.18. The monoisotopic (exact) mass is 285 g/mol. The van der Waals surface area contributed by atoms with Gasteiger partial charge in [0, 0.05) is 0 Å². The Morgan fingerprint density at radius 2 is 1.81 bits per heavy atom. The molecule has 3 aliphatic rings. The van der Waals surface area contributed by atoms with Crippen molar-refractivity contribution in [3.05, 3.63) is 47.5 Å². The van der Waals surface area contributed by atoms with E-state index < -0.39 is 23.7 Å². The van der Waals surface area contributed by atoms with Crippen LogP contribution in [0, 0.1) is 5.92 Å². The van der Waals surface area contributed by atoms with Crippen LogP contribution in [0.4, 0.5) is 0 Å². The van der Waals surface area contributed by atoms with Crippen molar-refractivity contribution in [2.24, 2.45) is 5.92 Å². The molecule has 3 unspecified atom stereocenters. The average molecular weight is 285 g/mol. The molecule has 0 aliphatic carbocycles. The Balaban J connectivity index is 1.54. The molecule has 0 spiro atoms. The van der Waals surface area contributed by atoms with E-state index in [9.17, 15) is 14.4 Å². The van der Waals surface area contributed by atoms with E-state index >= 15 is 0 Å². The molecule has 3 heterocycles. The SMILES string of the molecule is O=C(ON1C(=O)c2ccccc2C1=O)C1CC2C=CC1O2. The van der Waals surface area contributed by atoms with Gasteiger partial charge in [0.15, 0.2) is 0 Å². The first-order valence-electron chi connectivity index (χ1n) is 6.68. The maximum atomic E-state index is 12.2. The Labute approximate surface area is 119 Å². The number of amides is 2. The normalized spacial score (nSPS) is 29.1. The lowest BCUT2D eigenvalue weighted by Crippen LogP contribution is -2.37. The molecule has 0 aromatic heterocycles. The van der Waals surface area contributed by atoms with Crippen LogP contribution in [0.5, 0.6) is 0 Å². The van der Waals surface area contributed by atoms with Gasteiger partial charge in [0.05, 0.1) is 29.3 Å². The molecule has 1 aromatic carbocycles. The van der Waals surface area contributed by atoms with Gasteiger partial charge in [0.1, 0.15) is 0 Å². The Bertz CT molecular complexity index is 660. The number of carbonyl (C=O) groups is 3. The third-order valence-corrected chi connectivity index (χ3v) is 3.97. The number of benzene rings is 1. The van der Waals surface area contributed by atoms with Gasteiger partial charge in [-0.1, -0.05) is 29.3 Å². The molecule has 3 atom stereocenters. The fourth-order valence-corrected chi connectivity index (χ4v) is 2.91. The fourth-order valence-electron chi connectivity index (χ4n) is 2.91. The molecule has 6 nitrogen and oxygen atoms in total. The van der Waals surface area contributed by atoms with E-state index in [2.05, 4.69) is 0 Å². The number of hydrogen-bond acceptors (Lipinski definition) is 5. The molecular weight excluding hydrogens is 274 g/mol. The van der Waals surface area contributed by atoms with E-state index in [4.69, 9.17) is 9.57 Å². The maximum Gasteiger partial charge on any atom is 0.339 e. The highest BCUT2D eigenvalue weighted by Crippen LogP contribution is 2.35. The predicted octanol–water partition coefficient (Wildman–Crippen LogP) is 1.08. The molecule has 2 bridgehead atoms. The van der Waals surface area contributed by atoms with Crippen LogP contribution in [0.2, 0.25) is 0 Å². The van der Waals surface area contributed by atoms with Crippen molar-refractivity contribution in [1.82, 2.24) is 5.06 Å². The molecule has 2 amide bonds. The molecule has 106 valence electrons. The van der Waals surface area contributed by atoms with Gasteiger partial charge in [-0.25, -0.2) is 4.79 Å². The van der Waals surface area contributed by atoms with E-state index in [1.54, 1.807) is 12.1 Å². The minimum absolute atomic E-state index is 0.0743. The molecular formula is C15H11NO5. The Kier molecular flexibility index (Phi) is 2.49. The molecule has 21 heavy (non-hydrogen) atoms. The van der Waals surface area contributed by atoms with Gasteiger partial charge < -0.3 is 9.57 Å². The van der Waals surface area contributed by atoms with E-state index in [0.29, 0.717) is 11.5 Å². The van der Waals surface area contributed by atoms with Crippen LogP contribution < -0.4 is 0 Å². The minimum atomic E-state index is -0.610. The molecule has 1 fully saturated rings. The third-order valence-electron chi connectivity index (χ3n) is 3.97. The number of carbonyl (C=O) groups excluding carboxylic acids is 3. The van der Waals surface area contributed by atoms with Gasteiger partial charge in [-0.05, 0) is 18.6 Å². The molecule has 1 saturated heterocycles. The van der Waals surface area contributed by atoms with Crippen LogP contribution in [-0.2, 0) is 14.4 Å². The Morgan fingerprint density at radius 1 is 1.14 bits per heavy atom. The second-order valence-electron chi connectivity index (χ2n) is 5.23. The summed E-state index contributed by atoms with van der Waals surface area (Å²) in [6.07, 6.45) is 3.83. The number of fused-ring (bicyclic) bond motifs is 3. The van der Waals surface area contributed by atoms with Crippen LogP contribution >= 0.6 is 0 Å². The number of hydrogen-bond donors (Lipinski definition) is 0. The highest BCUT2D eigenvalue weighted by Gasteiger charge is 2.45. The lowest BCUT2D eigenvalue weighted by molar-refractivity contribution is -0.174. The smallest absolute Gasteiger partial charge is 0.339 e. The van der Waals surface area contributed by atoms with E-state index in [1.807, 2.05) is 12.2 Å². The van der Waals surface area contributed by atoms with Gasteiger partial charge in [-0.3, -0.25) is 9.59 Å². The molecule has 3 aliphatic heterocycles. The number of rotatable bonds is 2. The Hall–Kier alpha value is -2.47. The molecule has 0 radical (unpaired) electrons. The number of nitrogens with zero attached hydrogens (tertiary/aromatic N) is 1. The zero-order chi connectivity index (χ0) is 14.6. The van der Waals surface area contributed by atoms with Crippen molar-refractivity contribution in [2.75, 3.05) is 0 Å². The van der Waals surface area contributed by atoms with Crippen LogP contribution in [-0.4, -0.2) is 35.1 Å². The summed E-state index contributed by atoms with van der Waals surface area (Å²) in [4.78, 5) is 41.4. The van der Waals surface area contributed by atoms with Crippen molar-refractivity contribution >= 4 is 17.8 Å². The minimum Gasteiger partial charge on any atom is -0.366 e. The summed E-state index contributed by atoms with van der Waals surface area (Å²) >= 11 is 0. The van der Waals surface area contributed by atoms with E-state index in [-0.39, 0.29) is 23.3 Å². The van der Waals surface area contributed by atoms with Crippen molar-refractivity contribution in [1.29, 1.82) is 0 Å². The molecule has 0 saturated carbocycles. The summed E-state index contributed by atoms with van der Waals surface area (Å²) < 4.78 is 5.49. The number of imide groups is 1. The standard InChI is InChI=1S/C15H11NO5/c17-13-9-3-1-2-4-10(9)14(18)16(13)21-15(19)11-7-8-5-6-12(11)20-8/h1-6,8,11-12H,7H2. The van der Waals surface area contributed by atoms with Gasteiger partial charge >= 0.3 is 5.97 Å². The second kappa shape index (κ2) is 4.26. The van der Waals surface area contributed by atoms with Crippen LogP contribution in [0.1, 0.15) is 27.1 Å². The van der Waals surface area contributed by atoms with Gasteiger partial charge in [-0.2, -0.15) is 0 Å². The van der Waals surface area contributed by atoms with Crippen molar-refractivity contribution in [2.45, 2.75) is 18.6 Å². The fraction of sp³-hybridized carbons (Fsp3) is 0.267. The third kappa shape index (κ3) is 1.72.